The van der Waals surface area contributed by atoms with E-state index in [1.165, 1.54) is 17.7 Å². The fraction of sp³-hybridized carbons (Fsp3) is 0.588. The van der Waals surface area contributed by atoms with Crippen LogP contribution in [0.25, 0.3) is 5.70 Å². The highest BCUT2D eigenvalue weighted by atomic mass is 32.2. The molecule has 1 unspecified atom stereocenters. The molecule has 1 aromatic rings. The highest BCUT2D eigenvalue weighted by Gasteiger charge is 2.33. The zero-order chi connectivity index (χ0) is 16.9. The smallest absolute Gasteiger partial charge is 0.169 e. The Labute approximate surface area is 146 Å². The van der Waals surface area contributed by atoms with Crippen molar-refractivity contribution in [2.75, 3.05) is 19.4 Å². The highest BCUT2D eigenvalue weighted by Crippen LogP contribution is 2.37. The molecule has 1 atom stereocenters. The van der Waals surface area contributed by atoms with Crippen molar-refractivity contribution in [2.45, 2.75) is 39.2 Å². The van der Waals surface area contributed by atoms with Crippen LogP contribution in [0.3, 0.4) is 0 Å². The van der Waals surface area contributed by atoms with Crippen molar-refractivity contribution < 1.29 is 5.11 Å². The van der Waals surface area contributed by atoms with Crippen LogP contribution in [0.1, 0.15) is 37.2 Å². The summed E-state index contributed by atoms with van der Waals surface area (Å²) in [5, 5.41) is 18.1. The van der Waals surface area contributed by atoms with Gasteiger partial charge in [-0.1, -0.05) is 25.6 Å². The van der Waals surface area contributed by atoms with Gasteiger partial charge in [0.05, 0.1) is 24.9 Å². The number of hydrogen-bond donors (Lipinski definition) is 2. The van der Waals surface area contributed by atoms with Crippen molar-refractivity contribution in [2.24, 2.45) is 15.4 Å². The summed E-state index contributed by atoms with van der Waals surface area (Å²) in [7, 11) is 0. The third kappa shape index (κ3) is 2.59. The predicted octanol–water partition coefficient (Wildman–Crippen LogP) is 2.07. The number of fused-ring (bicyclic) bond motifs is 2. The van der Waals surface area contributed by atoms with Crippen molar-refractivity contribution in [3.63, 3.8) is 0 Å². The van der Waals surface area contributed by atoms with Crippen LogP contribution in [0.15, 0.2) is 16.1 Å². The Hall–Kier alpha value is -1.60. The van der Waals surface area contributed by atoms with Gasteiger partial charge in [-0.05, 0) is 30.9 Å². The molecule has 0 amide bonds. The van der Waals surface area contributed by atoms with Crippen molar-refractivity contribution in [1.82, 2.24) is 15.1 Å². The topological polar surface area (TPSA) is 76.9 Å². The largest absolute Gasteiger partial charge is 0.394 e. The van der Waals surface area contributed by atoms with Gasteiger partial charge in [-0.3, -0.25) is 10.1 Å². The van der Waals surface area contributed by atoms with Crippen molar-refractivity contribution in [1.29, 1.82) is 0 Å². The zero-order valence-corrected chi connectivity index (χ0v) is 15.2. The molecule has 4 rings (SSSR count). The molecule has 0 aromatic carbocycles. The molecular formula is C17H23N5OS. The van der Waals surface area contributed by atoms with Crippen LogP contribution in [-0.4, -0.2) is 56.7 Å². The number of aliphatic imine (C=N–C) groups is 2. The van der Waals surface area contributed by atoms with Gasteiger partial charge in [0, 0.05) is 17.3 Å². The van der Waals surface area contributed by atoms with E-state index in [9.17, 15) is 5.11 Å². The van der Waals surface area contributed by atoms with Gasteiger partial charge in [0.15, 0.2) is 5.17 Å². The van der Waals surface area contributed by atoms with E-state index in [1.807, 2.05) is 12.3 Å². The lowest BCUT2D eigenvalue weighted by Crippen LogP contribution is -2.35. The number of aliphatic hydroxyl groups excluding tert-OH is 1. The van der Waals surface area contributed by atoms with Gasteiger partial charge in [-0.2, -0.15) is 5.10 Å². The van der Waals surface area contributed by atoms with E-state index < -0.39 is 0 Å². The van der Waals surface area contributed by atoms with E-state index in [0.29, 0.717) is 12.0 Å². The molecule has 0 spiro atoms. The summed E-state index contributed by atoms with van der Waals surface area (Å²) in [5.41, 5.74) is 4.71. The monoisotopic (exact) mass is 345 g/mol. The molecule has 1 aliphatic carbocycles. The fourth-order valence-corrected chi connectivity index (χ4v) is 4.22. The lowest BCUT2D eigenvalue weighted by atomic mass is 9.76. The molecule has 0 fully saturated rings. The Morgan fingerprint density at radius 3 is 3.04 bits per heavy atom. The quantitative estimate of drug-likeness (QED) is 0.860. The number of amidine groups is 2. The van der Waals surface area contributed by atoms with E-state index in [-0.39, 0.29) is 12.6 Å². The molecule has 7 heteroatoms. The summed E-state index contributed by atoms with van der Waals surface area (Å²) in [4.78, 5) is 11.5. The maximum absolute atomic E-state index is 9.41. The minimum absolute atomic E-state index is 0.0672. The van der Waals surface area contributed by atoms with E-state index in [2.05, 4.69) is 33.9 Å². The predicted molar refractivity (Wildman–Crippen MR) is 98.3 cm³/mol. The summed E-state index contributed by atoms with van der Waals surface area (Å²) < 4.78 is 0. The summed E-state index contributed by atoms with van der Waals surface area (Å²) >= 11 is 1.61. The second kappa shape index (κ2) is 5.74. The van der Waals surface area contributed by atoms with Crippen LogP contribution in [0.2, 0.25) is 0 Å². The first-order valence-corrected chi connectivity index (χ1v) is 9.60. The highest BCUT2D eigenvalue weighted by molar-refractivity contribution is 8.13. The van der Waals surface area contributed by atoms with Gasteiger partial charge in [0.2, 0.25) is 0 Å². The molecule has 128 valence electrons. The Morgan fingerprint density at radius 1 is 1.46 bits per heavy atom. The zero-order valence-electron chi connectivity index (χ0n) is 14.3. The molecule has 3 aliphatic rings. The summed E-state index contributed by atoms with van der Waals surface area (Å²) in [6, 6.07) is -0.0677. The molecule has 2 aliphatic heterocycles. The van der Waals surface area contributed by atoms with Gasteiger partial charge in [0.25, 0.3) is 0 Å². The number of rotatable bonds is 2. The van der Waals surface area contributed by atoms with Crippen LogP contribution in [-0.2, 0) is 12.8 Å². The Balaban J connectivity index is 1.72. The van der Waals surface area contributed by atoms with Crippen LogP contribution >= 0.6 is 11.8 Å². The van der Waals surface area contributed by atoms with Crippen LogP contribution in [0, 0.1) is 5.41 Å². The number of aromatic nitrogens is 2. The Kier molecular flexibility index (Phi) is 3.80. The number of nitrogens with one attached hydrogen (secondary N) is 1. The Morgan fingerprint density at radius 2 is 2.29 bits per heavy atom. The van der Waals surface area contributed by atoms with Crippen molar-refractivity contribution in [3.05, 3.63) is 23.0 Å². The standard InChI is InChI=1S/C17H23N5OS/c1-17(2)5-4-11-13(7-17)20-21-15(11)12-6-14-18-10(9-23)8-22(14)16(19-12)24-3/h6,10,23H,4-5,7-9H2,1-3H3,(H,20,21). The van der Waals surface area contributed by atoms with E-state index in [4.69, 9.17) is 4.99 Å². The normalized spacial score (nSPS) is 24.9. The van der Waals surface area contributed by atoms with Gasteiger partial charge in [0.1, 0.15) is 11.5 Å². The minimum Gasteiger partial charge on any atom is -0.394 e. The van der Waals surface area contributed by atoms with E-state index in [1.54, 1.807) is 11.8 Å². The van der Waals surface area contributed by atoms with Gasteiger partial charge < -0.3 is 10.0 Å². The van der Waals surface area contributed by atoms with E-state index in [0.717, 1.165) is 35.2 Å². The van der Waals surface area contributed by atoms with Crippen LogP contribution in [0.4, 0.5) is 0 Å². The molecule has 0 saturated heterocycles. The third-order valence-corrected chi connectivity index (χ3v) is 5.67. The van der Waals surface area contributed by atoms with Crippen molar-refractivity contribution >= 4 is 28.5 Å². The number of H-pyrrole nitrogens is 1. The van der Waals surface area contributed by atoms with Crippen LogP contribution in [0.5, 0.6) is 0 Å². The van der Waals surface area contributed by atoms with E-state index >= 15 is 0 Å². The fourth-order valence-electron chi connectivity index (χ4n) is 3.65. The Bertz CT molecular complexity index is 761. The number of hydrogen-bond acceptors (Lipinski definition) is 6. The molecule has 1 aromatic heterocycles. The summed E-state index contributed by atoms with van der Waals surface area (Å²) in [6.07, 6.45) is 7.25. The molecular weight excluding hydrogens is 322 g/mol. The lowest BCUT2D eigenvalue weighted by Gasteiger charge is -2.29. The second-order valence-electron chi connectivity index (χ2n) is 7.43. The number of nitrogens with zero attached hydrogens (tertiary/aromatic N) is 4. The third-order valence-electron chi connectivity index (χ3n) is 4.99. The minimum atomic E-state index is -0.0677. The maximum atomic E-state index is 9.41. The van der Waals surface area contributed by atoms with Crippen LogP contribution < -0.4 is 0 Å². The SMILES string of the molecule is CSC1=NC(c2n[nH]c3c2CCC(C)(C)C3)=CC2=NC(CO)CN21. The van der Waals surface area contributed by atoms with Gasteiger partial charge in [-0.15, -0.1) is 0 Å². The molecule has 6 nitrogen and oxygen atoms in total. The first-order valence-electron chi connectivity index (χ1n) is 8.38. The molecule has 24 heavy (non-hydrogen) atoms. The molecule has 0 bridgehead atoms. The molecule has 3 heterocycles. The number of aromatic amines is 1. The molecule has 0 radical (unpaired) electrons. The molecule has 2 N–H and O–H groups in total. The average Bonchev–Trinajstić information content (AvgIpc) is 3.15. The average molecular weight is 345 g/mol. The van der Waals surface area contributed by atoms with Gasteiger partial charge >= 0.3 is 0 Å². The lowest BCUT2D eigenvalue weighted by molar-refractivity contribution is 0.265. The maximum Gasteiger partial charge on any atom is 0.169 e. The number of thioether (sulfide) groups is 1. The molecule has 0 saturated carbocycles. The summed E-state index contributed by atoms with van der Waals surface area (Å²) in [5.74, 6) is 0.885. The van der Waals surface area contributed by atoms with Gasteiger partial charge in [-0.25, -0.2) is 4.99 Å². The number of aliphatic hydroxyl groups is 1. The first-order chi connectivity index (χ1) is 11.5. The summed E-state index contributed by atoms with van der Waals surface area (Å²) in [6.45, 7) is 5.38. The second-order valence-corrected chi connectivity index (χ2v) is 8.21. The van der Waals surface area contributed by atoms with Crippen molar-refractivity contribution in [3.8, 4) is 0 Å². The first kappa shape index (κ1) is 15.9.